The highest BCUT2D eigenvalue weighted by atomic mass is 35.5. The van der Waals surface area contributed by atoms with E-state index in [0.717, 1.165) is 23.5 Å². The number of aliphatic hydroxyl groups is 4. The third-order valence-corrected chi connectivity index (χ3v) is 19.6. The molecule has 0 aromatic carbocycles. The summed E-state index contributed by atoms with van der Waals surface area (Å²) in [6.07, 6.45) is -6.96. The number of rotatable bonds is 16. The predicted octanol–water partition coefficient (Wildman–Crippen LogP) is -1.55. The quantitative estimate of drug-likeness (QED) is 0.0243. The first-order valence-electron chi connectivity index (χ1n) is 15.7. The van der Waals surface area contributed by atoms with E-state index in [0.29, 0.717) is 0 Å². The second kappa shape index (κ2) is 17.6. The number of imidazole rings is 2. The molecule has 0 bridgehead atoms. The standard InChI is InChI=1S/C23H33ClN10O16P4S4/c1-57-22-29-15(25)9-17(31-22)33(5-27-9)19-13(37)11(35)7(47-19)3-45-53(43,55)49-51(39,40)21(24)52(41,42)50-54(44,56)46-4-8-12(36)14(38)20(48-8)34-6-28-10-16(26)30-23(58-2)32-18(10)34/h5-8,11-14,19-21,35-38H,3-4H2,1-2H3,(H,39,40)(H,41,42)(H,43,55)(H,44,56)(H2,25,29,31)(H2,26,30,32)/p-4/t7-,8-,11-,12-,13-,14-,19-,20-,21?,53?,54?/m1/s1. The topological polar surface area (TPSA) is 396 Å². The second-order valence-electron chi connectivity index (χ2n) is 12.0. The zero-order chi connectivity index (χ0) is 42.7. The molecule has 6 heterocycles. The highest BCUT2D eigenvalue weighted by molar-refractivity contribution is 8.33. The molecule has 2 saturated heterocycles. The molecule has 2 fully saturated rings. The van der Waals surface area contributed by atoms with Gasteiger partial charge in [0.15, 0.2) is 65.7 Å². The van der Waals surface area contributed by atoms with Crippen molar-refractivity contribution in [1.82, 2.24) is 39.0 Å². The van der Waals surface area contributed by atoms with Crippen LogP contribution in [0.2, 0.25) is 0 Å². The summed E-state index contributed by atoms with van der Waals surface area (Å²) in [7, 11) is -12.3. The lowest BCUT2D eigenvalue weighted by Gasteiger charge is -2.42. The van der Waals surface area contributed by atoms with Gasteiger partial charge in [-0.1, -0.05) is 35.3 Å². The Morgan fingerprint density at radius 1 is 0.810 bits per heavy atom. The van der Waals surface area contributed by atoms with Gasteiger partial charge in [-0.15, -0.1) is 11.6 Å². The molecule has 0 spiro atoms. The maximum absolute atomic E-state index is 12.9. The minimum Gasteiger partial charge on any atom is -0.779 e. The van der Waals surface area contributed by atoms with Crippen molar-refractivity contribution in [1.29, 1.82) is 0 Å². The Morgan fingerprint density at radius 2 is 1.22 bits per heavy atom. The zero-order valence-corrected chi connectivity index (χ0v) is 36.6. The molecule has 2 aliphatic heterocycles. The van der Waals surface area contributed by atoms with E-state index in [9.17, 15) is 48.8 Å². The summed E-state index contributed by atoms with van der Waals surface area (Å²) < 4.78 is 70.6. The van der Waals surface area contributed by atoms with Crippen molar-refractivity contribution in [2.45, 2.75) is 64.3 Å². The summed E-state index contributed by atoms with van der Waals surface area (Å²) in [4.78, 5) is 60.1. The van der Waals surface area contributed by atoms with Crippen LogP contribution in [0.15, 0.2) is 23.0 Å². The van der Waals surface area contributed by atoms with Crippen LogP contribution in [0.4, 0.5) is 11.6 Å². The Hall–Kier alpha value is -1.14. The highest BCUT2D eigenvalue weighted by Crippen LogP contribution is 2.72. The lowest BCUT2D eigenvalue weighted by molar-refractivity contribution is -0.221. The third kappa shape index (κ3) is 9.58. The number of anilines is 2. The number of fused-ring (bicyclic) bond motifs is 2. The number of nitrogens with zero attached hydrogens (tertiary/aromatic N) is 8. The van der Waals surface area contributed by atoms with Gasteiger partial charge in [-0.05, 0) is 12.5 Å². The van der Waals surface area contributed by atoms with Crippen LogP contribution in [0.1, 0.15) is 12.5 Å². The minimum absolute atomic E-state index is 0.0162. The molecule has 35 heteroatoms. The van der Waals surface area contributed by atoms with E-state index in [1.165, 1.54) is 21.8 Å². The van der Waals surface area contributed by atoms with Crippen LogP contribution < -0.4 is 26.1 Å². The maximum Gasteiger partial charge on any atom is 0.204 e. The number of alkyl halides is 1. The van der Waals surface area contributed by atoms with E-state index in [2.05, 4.69) is 62.6 Å². The van der Waals surface area contributed by atoms with Crippen LogP contribution in [0.3, 0.4) is 0 Å². The fourth-order valence-corrected chi connectivity index (χ4v) is 14.9. The summed E-state index contributed by atoms with van der Waals surface area (Å²) in [5.41, 5.74) is 12.4. The number of nitrogens with two attached hydrogens (primary N) is 2. The Balaban J connectivity index is 1.05. The molecule has 0 aliphatic carbocycles. The van der Waals surface area contributed by atoms with Gasteiger partial charge < -0.3 is 86.5 Å². The van der Waals surface area contributed by atoms with Crippen LogP contribution in [-0.4, -0.2) is 127 Å². The Morgan fingerprint density at radius 3 is 1.66 bits per heavy atom. The molecule has 0 saturated carbocycles. The van der Waals surface area contributed by atoms with Crippen molar-refractivity contribution in [3.63, 3.8) is 0 Å². The fourth-order valence-electron chi connectivity index (χ4n) is 5.49. The van der Waals surface area contributed by atoms with Gasteiger partial charge in [0.05, 0.1) is 25.9 Å². The van der Waals surface area contributed by atoms with Crippen LogP contribution in [-0.2, 0) is 64.9 Å². The molecule has 4 aromatic rings. The first-order chi connectivity index (χ1) is 27.0. The molecule has 6 rings (SSSR count). The van der Waals surface area contributed by atoms with E-state index < -0.39 is 95.9 Å². The largest absolute Gasteiger partial charge is 0.779 e. The van der Waals surface area contributed by atoms with Gasteiger partial charge in [-0.2, -0.15) is 0 Å². The molecular weight excluding hydrogens is 960 g/mol. The van der Waals surface area contributed by atoms with Gasteiger partial charge in [0.25, 0.3) is 0 Å². The Bertz CT molecular complexity index is 2230. The lowest BCUT2D eigenvalue weighted by atomic mass is 10.1. The minimum atomic E-state index is -6.14. The lowest BCUT2D eigenvalue weighted by Crippen LogP contribution is -2.34. The number of aromatic nitrogens is 8. The number of nitrogen functional groups attached to an aromatic ring is 2. The van der Waals surface area contributed by atoms with Gasteiger partial charge in [0, 0.05) is 0 Å². The number of hydrogen-bond donors (Lipinski definition) is 6. The van der Waals surface area contributed by atoms with Crippen molar-refractivity contribution in [2.24, 2.45) is 0 Å². The molecule has 8 N–H and O–H groups in total. The van der Waals surface area contributed by atoms with Crippen molar-refractivity contribution in [3.8, 4) is 0 Å². The average molecular weight is 989 g/mol. The van der Waals surface area contributed by atoms with Crippen molar-refractivity contribution in [2.75, 3.05) is 37.2 Å². The Labute approximate surface area is 349 Å². The summed E-state index contributed by atoms with van der Waals surface area (Å²) in [6.45, 7) is -12.5. The first-order valence-corrected chi connectivity index (χ1v) is 26.9. The maximum atomic E-state index is 12.9. The summed E-state index contributed by atoms with van der Waals surface area (Å²) in [5.74, 6) is 0.0325. The van der Waals surface area contributed by atoms with Gasteiger partial charge in [0.2, 0.25) is 6.80 Å². The smallest absolute Gasteiger partial charge is 0.204 e. The van der Waals surface area contributed by atoms with E-state index >= 15 is 0 Å². The average Bonchev–Trinajstić information content (AvgIpc) is 3.90. The third-order valence-electron chi connectivity index (χ3n) is 8.19. The van der Waals surface area contributed by atoms with Crippen LogP contribution >= 0.6 is 63.8 Å². The van der Waals surface area contributed by atoms with E-state index in [1.54, 1.807) is 12.5 Å². The molecular formula is C23H29ClN10O16P4S4-4. The molecule has 13 atom stereocenters. The number of halogens is 1. The first kappa shape index (κ1) is 46.4. The van der Waals surface area contributed by atoms with Crippen molar-refractivity contribution >= 4 is 122 Å². The Kier molecular flexibility index (Phi) is 14.0. The van der Waals surface area contributed by atoms with E-state index in [1.807, 2.05) is 0 Å². The molecule has 322 valence electrons. The molecule has 0 radical (unpaired) electrons. The summed E-state index contributed by atoms with van der Waals surface area (Å²) >= 11 is 17.1. The van der Waals surface area contributed by atoms with Gasteiger partial charge >= 0.3 is 0 Å². The molecule has 58 heavy (non-hydrogen) atoms. The zero-order valence-electron chi connectivity index (χ0n) is 29.0. The second-order valence-corrected chi connectivity index (χ2v) is 24.5. The normalized spacial score (nSPS) is 29.9. The molecule has 2 aliphatic rings. The van der Waals surface area contributed by atoms with Crippen LogP contribution in [0.5, 0.6) is 0 Å². The van der Waals surface area contributed by atoms with Crippen molar-refractivity contribution < 1.29 is 75.9 Å². The fraction of sp³-hybridized carbons (Fsp3) is 0.565. The summed E-state index contributed by atoms with van der Waals surface area (Å²) in [6, 6.07) is 0. The molecule has 5 unspecified atom stereocenters. The van der Waals surface area contributed by atoms with E-state index in [-0.39, 0.29) is 44.3 Å². The van der Waals surface area contributed by atoms with Crippen LogP contribution in [0, 0.1) is 0 Å². The number of thioether (sulfide) groups is 2. The molecule has 4 aromatic heterocycles. The summed E-state index contributed by atoms with van der Waals surface area (Å²) in [5, 5.41) is 43.1. The van der Waals surface area contributed by atoms with E-state index in [4.69, 9.17) is 41.6 Å². The SMILES string of the molecule is CSc1nc(N)c2ncn([C@@H]3O[C@H](COP(=O)([S-])OP(=O)([O-])C(Cl)P(=O)([O-])OP([O-])(=S)OC[C@H]4O[C@@H](n5cnc6c(N)nc(SC)nc65)[C@H](O)[C@@H]4O)[C@@H](O)[C@H]3O)c2n1. The van der Waals surface area contributed by atoms with Crippen molar-refractivity contribution in [3.05, 3.63) is 12.7 Å². The number of aliphatic hydroxyl groups excluding tert-OH is 4. The predicted molar refractivity (Wildman–Crippen MR) is 203 cm³/mol. The van der Waals surface area contributed by atoms with Gasteiger partial charge in [-0.3, -0.25) is 22.3 Å². The highest BCUT2D eigenvalue weighted by Gasteiger charge is 2.47. The van der Waals surface area contributed by atoms with Gasteiger partial charge in [0.1, 0.15) is 54.4 Å². The van der Waals surface area contributed by atoms with Gasteiger partial charge in [-0.25, -0.2) is 29.9 Å². The molecule has 26 nitrogen and oxygen atoms in total. The molecule has 0 amide bonds. The number of hydrogen-bond acceptors (Lipinski definition) is 28. The monoisotopic (exact) mass is 988 g/mol. The number of ether oxygens (including phenoxy) is 2. The van der Waals surface area contributed by atoms with Crippen LogP contribution in [0.25, 0.3) is 22.3 Å².